The van der Waals surface area contributed by atoms with Crippen molar-refractivity contribution >= 4 is 5.97 Å². The van der Waals surface area contributed by atoms with E-state index in [1.807, 2.05) is 20.8 Å². The lowest BCUT2D eigenvalue weighted by Gasteiger charge is -2.19. The normalized spacial score (nSPS) is 13.7. The fourth-order valence-electron chi connectivity index (χ4n) is 0.775. The van der Waals surface area contributed by atoms with E-state index in [2.05, 4.69) is 9.47 Å². The van der Waals surface area contributed by atoms with Crippen molar-refractivity contribution in [2.75, 3.05) is 19.8 Å². The average Bonchev–Trinajstić information content (AvgIpc) is 2.11. The van der Waals surface area contributed by atoms with E-state index in [-0.39, 0.29) is 25.4 Å². The van der Waals surface area contributed by atoms with Crippen LogP contribution in [0.15, 0.2) is 0 Å². The number of carbonyl (C=O) groups is 1. The van der Waals surface area contributed by atoms with Crippen molar-refractivity contribution in [2.24, 2.45) is 0 Å². The van der Waals surface area contributed by atoms with Gasteiger partial charge in [0.05, 0.1) is 25.4 Å². The average molecular weight is 222 g/mol. The van der Waals surface area contributed by atoms with Gasteiger partial charge in [-0.1, -0.05) is 0 Å². The third-order valence-corrected chi connectivity index (χ3v) is 1.35. The van der Waals surface area contributed by atoms with Crippen LogP contribution in [-0.2, 0) is 19.0 Å². The zero-order chi connectivity index (χ0) is 11.9. The molecule has 90 valence electrons. The molecule has 5 heteroatoms. The lowest BCUT2D eigenvalue weighted by Crippen LogP contribution is -2.26. The number of halogens is 1. The van der Waals surface area contributed by atoms with Crippen molar-refractivity contribution in [3.63, 3.8) is 0 Å². The first-order valence-electron chi connectivity index (χ1n) is 4.93. The van der Waals surface area contributed by atoms with E-state index in [9.17, 15) is 9.18 Å². The number of hydrogen-bond acceptors (Lipinski definition) is 4. The molecule has 0 aromatic carbocycles. The van der Waals surface area contributed by atoms with Gasteiger partial charge >= 0.3 is 5.97 Å². The van der Waals surface area contributed by atoms with Crippen LogP contribution >= 0.6 is 0 Å². The molecule has 0 saturated heterocycles. The Morgan fingerprint density at radius 2 is 1.93 bits per heavy atom. The van der Waals surface area contributed by atoms with Gasteiger partial charge in [0.25, 0.3) is 6.36 Å². The summed E-state index contributed by atoms with van der Waals surface area (Å²) >= 11 is 0. The lowest BCUT2D eigenvalue weighted by molar-refractivity contribution is -0.172. The van der Waals surface area contributed by atoms with Gasteiger partial charge in [-0.15, -0.1) is 0 Å². The second kappa shape index (κ2) is 6.74. The minimum absolute atomic E-state index is 0.0251. The molecule has 0 heterocycles. The van der Waals surface area contributed by atoms with Gasteiger partial charge in [-0.3, -0.25) is 0 Å². The molecule has 0 fully saturated rings. The summed E-state index contributed by atoms with van der Waals surface area (Å²) in [7, 11) is 0. The summed E-state index contributed by atoms with van der Waals surface area (Å²) in [6, 6.07) is 0. The molecule has 0 aromatic rings. The summed E-state index contributed by atoms with van der Waals surface area (Å²) < 4.78 is 27.1. The molecule has 0 saturated carbocycles. The minimum atomic E-state index is -2.02. The van der Waals surface area contributed by atoms with Crippen LogP contribution in [0.3, 0.4) is 0 Å². The summed E-state index contributed by atoms with van der Waals surface area (Å²) in [5.74, 6) is -0.992. The molecule has 0 aliphatic heterocycles. The first kappa shape index (κ1) is 14.3. The van der Waals surface area contributed by atoms with Gasteiger partial charge in [0.2, 0.25) is 0 Å². The SMILES string of the molecule is CCOC(=O)C(F)OCCOC(C)(C)C. The summed E-state index contributed by atoms with van der Waals surface area (Å²) in [6.45, 7) is 7.65. The highest BCUT2D eigenvalue weighted by molar-refractivity contribution is 5.72. The second-order valence-corrected chi connectivity index (χ2v) is 3.90. The van der Waals surface area contributed by atoms with E-state index in [1.54, 1.807) is 6.92 Å². The topological polar surface area (TPSA) is 44.8 Å². The maximum Gasteiger partial charge on any atom is 0.368 e. The van der Waals surface area contributed by atoms with E-state index in [0.717, 1.165) is 0 Å². The molecule has 0 amide bonds. The van der Waals surface area contributed by atoms with Crippen LogP contribution in [0, 0.1) is 0 Å². The number of esters is 1. The lowest BCUT2D eigenvalue weighted by atomic mass is 10.2. The Balaban J connectivity index is 3.55. The van der Waals surface area contributed by atoms with Crippen LogP contribution in [0.5, 0.6) is 0 Å². The first-order chi connectivity index (χ1) is 6.87. The molecular formula is C10H19FO4. The summed E-state index contributed by atoms with van der Waals surface area (Å²) in [5.41, 5.74) is -0.293. The van der Waals surface area contributed by atoms with Crippen LogP contribution in [-0.4, -0.2) is 37.7 Å². The highest BCUT2D eigenvalue weighted by atomic mass is 19.1. The molecule has 0 rings (SSSR count). The van der Waals surface area contributed by atoms with Crippen LogP contribution in [0.2, 0.25) is 0 Å². The van der Waals surface area contributed by atoms with Gasteiger partial charge < -0.3 is 14.2 Å². The third-order valence-electron chi connectivity index (χ3n) is 1.35. The van der Waals surface area contributed by atoms with Gasteiger partial charge in [0, 0.05) is 0 Å². The molecule has 0 aliphatic rings. The number of alkyl halides is 1. The largest absolute Gasteiger partial charge is 0.462 e. The van der Waals surface area contributed by atoms with Gasteiger partial charge in [-0.2, -0.15) is 0 Å². The monoisotopic (exact) mass is 222 g/mol. The Kier molecular flexibility index (Phi) is 6.43. The fraction of sp³-hybridized carbons (Fsp3) is 0.900. The predicted molar refractivity (Wildman–Crippen MR) is 53.2 cm³/mol. The minimum Gasteiger partial charge on any atom is -0.462 e. The Bertz CT molecular complexity index is 188. The van der Waals surface area contributed by atoms with E-state index >= 15 is 0 Å². The molecular weight excluding hydrogens is 203 g/mol. The van der Waals surface area contributed by atoms with Crippen molar-refractivity contribution in [3.8, 4) is 0 Å². The van der Waals surface area contributed by atoms with E-state index < -0.39 is 12.3 Å². The maximum absolute atomic E-state index is 12.9. The van der Waals surface area contributed by atoms with Gasteiger partial charge in [0.1, 0.15) is 0 Å². The van der Waals surface area contributed by atoms with E-state index in [0.29, 0.717) is 0 Å². The van der Waals surface area contributed by atoms with Crippen LogP contribution in [0.1, 0.15) is 27.7 Å². The summed E-state index contributed by atoms with van der Waals surface area (Å²) in [5, 5.41) is 0. The zero-order valence-electron chi connectivity index (χ0n) is 9.71. The Hall–Kier alpha value is -0.680. The molecule has 0 spiro atoms. The van der Waals surface area contributed by atoms with Crippen molar-refractivity contribution in [1.29, 1.82) is 0 Å². The van der Waals surface area contributed by atoms with Gasteiger partial charge in [-0.25, -0.2) is 9.18 Å². The summed E-state index contributed by atoms with van der Waals surface area (Å²) in [4.78, 5) is 10.8. The maximum atomic E-state index is 12.9. The Labute approximate surface area is 89.7 Å². The molecule has 0 aromatic heterocycles. The molecule has 0 N–H and O–H groups in total. The number of hydrogen-bond donors (Lipinski definition) is 0. The Morgan fingerprint density at radius 3 is 2.40 bits per heavy atom. The second-order valence-electron chi connectivity index (χ2n) is 3.90. The standard InChI is InChI=1S/C10H19FO4/c1-5-13-9(12)8(11)14-6-7-15-10(2,3)4/h8H,5-7H2,1-4H3. The van der Waals surface area contributed by atoms with Crippen molar-refractivity contribution in [2.45, 2.75) is 39.7 Å². The van der Waals surface area contributed by atoms with Gasteiger partial charge in [-0.05, 0) is 27.7 Å². The molecule has 1 unspecified atom stereocenters. The van der Waals surface area contributed by atoms with Gasteiger partial charge in [0.15, 0.2) is 0 Å². The zero-order valence-corrected chi connectivity index (χ0v) is 9.71. The fourth-order valence-corrected chi connectivity index (χ4v) is 0.775. The third kappa shape index (κ3) is 8.32. The van der Waals surface area contributed by atoms with Crippen LogP contribution < -0.4 is 0 Å². The van der Waals surface area contributed by atoms with Crippen molar-refractivity contribution in [1.82, 2.24) is 0 Å². The molecule has 0 radical (unpaired) electrons. The van der Waals surface area contributed by atoms with Crippen LogP contribution in [0.25, 0.3) is 0 Å². The molecule has 1 atom stereocenters. The predicted octanol–water partition coefficient (Wildman–Crippen LogP) is 1.68. The number of carbonyl (C=O) groups excluding carboxylic acids is 1. The molecule has 0 aliphatic carbocycles. The smallest absolute Gasteiger partial charge is 0.368 e. The summed E-state index contributed by atoms with van der Waals surface area (Å²) in [6.07, 6.45) is -2.02. The van der Waals surface area contributed by atoms with E-state index in [1.165, 1.54) is 0 Å². The highest BCUT2D eigenvalue weighted by Gasteiger charge is 2.19. The quantitative estimate of drug-likeness (QED) is 0.506. The van der Waals surface area contributed by atoms with Crippen LogP contribution in [0.4, 0.5) is 4.39 Å². The highest BCUT2D eigenvalue weighted by Crippen LogP contribution is 2.06. The van der Waals surface area contributed by atoms with E-state index in [4.69, 9.17) is 4.74 Å². The van der Waals surface area contributed by atoms with Crippen molar-refractivity contribution in [3.05, 3.63) is 0 Å². The van der Waals surface area contributed by atoms with Crippen molar-refractivity contribution < 1.29 is 23.4 Å². The molecule has 0 bridgehead atoms. The Morgan fingerprint density at radius 1 is 1.33 bits per heavy atom. The molecule has 15 heavy (non-hydrogen) atoms. The number of ether oxygens (including phenoxy) is 3. The molecule has 4 nitrogen and oxygen atoms in total. The first-order valence-corrected chi connectivity index (χ1v) is 4.93. The number of rotatable bonds is 6.